The van der Waals surface area contributed by atoms with E-state index in [1.165, 1.54) is 0 Å². The number of aliphatic hydroxyl groups is 1. The summed E-state index contributed by atoms with van der Waals surface area (Å²) in [5, 5.41) is 9.87. The van der Waals surface area contributed by atoms with Crippen LogP contribution in [0.5, 0.6) is 0 Å². The molecule has 1 fully saturated rings. The highest BCUT2D eigenvalue weighted by molar-refractivity contribution is 7.92. The van der Waals surface area contributed by atoms with Crippen LogP contribution in [-0.2, 0) is 9.84 Å². The summed E-state index contributed by atoms with van der Waals surface area (Å²) in [7, 11) is -3.18. The summed E-state index contributed by atoms with van der Waals surface area (Å²) in [5.74, 6) is 0.114. The molecular weight excluding hydrogens is 212 g/mol. The van der Waals surface area contributed by atoms with Crippen LogP contribution in [0, 0.1) is 5.92 Å². The Morgan fingerprint density at radius 1 is 1.27 bits per heavy atom. The Bertz CT molecular complexity index is 294. The fourth-order valence-corrected chi connectivity index (χ4v) is 3.17. The molecule has 0 aliphatic heterocycles. The first-order valence-electron chi connectivity index (χ1n) is 5.64. The van der Waals surface area contributed by atoms with Crippen LogP contribution in [0.15, 0.2) is 0 Å². The summed E-state index contributed by atoms with van der Waals surface area (Å²) in [5.41, 5.74) is 0. The Hall–Kier alpha value is -0.0900. The van der Waals surface area contributed by atoms with Crippen LogP contribution >= 0.6 is 0 Å². The van der Waals surface area contributed by atoms with E-state index in [9.17, 15) is 13.5 Å². The van der Waals surface area contributed by atoms with E-state index < -0.39 is 20.7 Å². The van der Waals surface area contributed by atoms with Crippen molar-refractivity contribution in [3.8, 4) is 0 Å². The molecule has 1 aliphatic rings. The third kappa shape index (κ3) is 3.18. The molecule has 0 bridgehead atoms. The normalized spacial score (nSPS) is 21.9. The Balaban J connectivity index is 2.61. The van der Waals surface area contributed by atoms with Gasteiger partial charge in [-0.3, -0.25) is 0 Å². The van der Waals surface area contributed by atoms with Crippen molar-refractivity contribution in [2.45, 2.75) is 57.3 Å². The number of sulfone groups is 1. The Kier molecular flexibility index (Phi) is 3.82. The minimum absolute atomic E-state index is 0.0822. The zero-order valence-corrected chi connectivity index (χ0v) is 10.7. The molecule has 0 aromatic carbocycles. The van der Waals surface area contributed by atoms with E-state index in [1.807, 2.05) is 0 Å². The maximum absolute atomic E-state index is 11.9. The molecular formula is C11H22O3S. The summed E-state index contributed by atoms with van der Waals surface area (Å²) in [6.45, 7) is 5.05. The third-order valence-corrected chi connectivity index (χ3v) is 5.91. The van der Waals surface area contributed by atoms with Crippen molar-refractivity contribution < 1.29 is 13.5 Å². The molecule has 0 heterocycles. The van der Waals surface area contributed by atoms with E-state index in [2.05, 4.69) is 0 Å². The molecule has 0 aromatic heterocycles. The summed E-state index contributed by atoms with van der Waals surface area (Å²) >= 11 is 0. The van der Waals surface area contributed by atoms with Crippen molar-refractivity contribution in [2.75, 3.05) is 5.75 Å². The predicted octanol–water partition coefficient (Wildman–Crippen LogP) is 1.75. The van der Waals surface area contributed by atoms with E-state index in [0.717, 1.165) is 25.7 Å². The molecule has 90 valence electrons. The maximum Gasteiger partial charge on any atom is 0.157 e. The van der Waals surface area contributed by atoms with Gasteiger partial charge in [-0.1, -0.05) is 12.8 Å². The van der Waals surface area contributed by atoms with Crippen molar-refractivity contribution in [1.82, 2.24) is 0 Å². The number of rotatable bonds is 3. The monoisotopic (exact) mass is 234 g/mol. The minimum atomic E-state index is -3.18. The average molecular weight is 234 g/mol. The highest BCUT2D eigenvalue weighted by Gasteiger charge is 2.34. The van der Waals surface area contributed by atoms with Crippen LogP contribution in [0.25, 0.3) is 0 Å². The quantitative estimate of drug-likeness (QED) is 0.809. The van der Waals surface area contributed by atoms with Crippen LogP contribution in [0.3, 0.4) is 0 Å². The van der Waals surface area contributed by atoms with Crippen molar-refractivity contribution in [3.05, 3.63) is 0 Å². The van der Waals surface area contributed by atoms with Gasteiger partial charge in [0.1, 0.15) is 0 Å². The molecule has 4 heteroatoms. The van der Waals surface area contributed by atoms with Gasteiger partial charge < -0.3 is 5.11 Å². The molecule has 15 heavy (non-hydrogen) atoms. The molecule has 1 rings (SSSR count). The summed E-state index contributed by atoms with van der Waals surface area (Å²) in [4.78, 5) is 0. The molecule has 0 unspecified atom stereocenters. The lowest BCUT2D eigenvalue weighted by Gasteiger charge is -2.24. The molecule has 3 nitrogen and oxygen atoms in total. The van der Waals surface area contributed by atoms with Crippen molar-refractivity contribution >= 4 is 9.84 Å². The second-order valence-electron chi connectivity index (χ2n) is 5.51. The molecule has 0 amide bonds. The van der Waals surface area contributed by atoms with Crippen molar-refractivity contribution in [3.63, 3.8) is 0 Å². The van der Waals surface area contributed by atoms with E-state index in [0.29, 0.717) is 0 Å². The standard InChI is InChI=1S/C11H22O3S/c1-11(2,3)15(13,14)8-10(12)9-6-4-5-7-9/h9-10,12H,4-8H2,1-3H3/t10-/m1/s1. The molecule has 0 radical (unpaired) electrons. The van der Waals surface area contributed by atoms with Gasteiger partial charge in [-0.15, -0.1) is 0 Å². The minimum Gasteiger partial charge on any atom is -0.392 e. The highest BCUT2D eigenvalue weighted by Crippen LogP contribution is 2.29. The first-order valence-corrected chi connectivity index (χ1v) is 7.29. The van der Waals surface area contributed by atoms with Crippen LogP contribution in [-0.4, -0.2) is 30.1 Å². The molecule has 0 spiro atoms. The maximum atomic E-state index is 11.9. The average Bonchev–Trinajstić information content (AvgIpc) is 2.51. The van der Waals surface area contributed by atoms with E-state index in [-0.39, 0.29) is 11.7 Å². The van der Waals surface area contributed by atoms with Crippen LogP contribution in [0.4, 0.5) is 0 Å². The van der Waals surface area contributed by atoms with Gasteiger partial charge in [-0.25, -0.2) is 8.42 Å². The Morgan fingerprint density at radius 2 is 1.73 bits per heavy atom. The van der Waals surface area contributed by atoms with E-state index in [4.69, 9.17) is 0 Å². The SMILES string of the molecule is CC(C)(C)S(=O)(=O)C[C@@H](O)C1CCCC1. The lowest BCUT2D eigenvalue weighted by atomic mass is 10.0. The lowest BCUT2D eigenvalue weighted by Crippen LogP contribution is -2.37. The van der Waals surface area contributed by atoms with Crippen LogP contribution in [0.2, 0.25) is 0 Å². The summed E-state index contributed by atoms with van der Waals surface area (Å²) < 4.78 is 23.0. The van der Waals surface area contributed by atoms with Crippen molar-refractivity contribution in [1.29, 1.82) is 0 Å². The highest BCUT2D eigenvalue weighted by atomic mass is 32.2. The van der Waals surface area contributed by atoms with Gasteiger partial charge in [0.25, 0.3) is 0 Å². The zero-order chi connectivity index (χ0) is 11.7. The van der Waals surface area contributed by atoms with Crippen LogP contribution in [0.1, 0.15) is 46.5 Å². The molecule has 1 saturated carbocycles. The fourth-order valence-electron chi connectivity index (χ4n) is 1.95. The predicted molar refractivity (Wildman–Crippen MR) is 61.5 cm³/mol. The van der Waals surface area contributed by atoms with E-state index >= 15 is 0 Å². The van der Waals surface area contributed by atoms with Gasteiger partial charge in [-0.2, -0.15) is 0 Å². The number of aliphatic hydroxyl groups excluding tert-OH is 1. The lowest BCUT2D eigenvalue weighted by molar-refractivity contribution is 0.131. The third-order valence-electron chi connectivity index (χ3n) is 3.27. The molecule has 1 aliphatic carbocycles. The summed E-state index contributed by atoms with van der Waals surface area (Å²) in [6.07, 6.45) is 3.52. The molecule has 0 saturated heterocycles. The molecule has 1 N–H and O–H groups in total. The Labute approximate surface area is 92.8 Å². The smallest absolute Gasteiger partial charge is 0.157 e. The first-order chi connectivity index (χ1) is 6.74. The second-order valence-corrected chi connectivity index (χ2v) is 8.29. The van der Waals surface area contributed by atoms with Gasteiger partial charge >= 0.3 is 0 Å². The fraction of sp³-hybridized carbons (Fsp3) is 1.00. The Morgan fingerprint density at radius 3 is 2.13 bits per heavy atom. The second kappa shape index (κ2) is 4.42. The van der Waals surface area contributed by atoms with Gasteiger partial charge in [0.15, 0.2) is 9.84 Å². The first kappa shape index (κ1) is 13.0. The molecule has 0 aromatic rings. The van der Waals surface area contributed by atoms with E-state index in [1.54, 1.807) is 20.8 Å². The number of hydrogen-bond donors (Lipinski definition) is 1. The van der Waals surface area contributed by atoms with Crippen LogP contribution < -0.4 is 0 Å². The topological polar surface area (TPSA) is 54.4 Å². The molecule has 1 atom stereocenters. The largest absolute Gasteiger partial charge is 0.392 e. The van der Waals surface area contributed by atoms with Gasteiger partial charge in [0, 0.05) is 0 Å². The van der Waals surface area contributed by atoms with Gasteiger partial charge in [-0.05, 0) is 39.5 Å². The van der Waals surface area contributed by atoms with Crippen molar-refractivity contribution in [2.24, 2.45) is 5.92 Å². The zero-order valence-electron chi connectivity index (χ0n) is 9.86. The van der Waals surface area contributed by atoms with Gasteiger partial charge in [0.2, 0.25) is 0 Å². The summed E-state index contributed by atoms with van der Waals surface area (Å²) in [6, 6.07) is 0. The van der Waals surface area contributed by atoms with Gasteiger partial charge in [0.05, 0.1) is 16.6 Å². The number of hydrogen-bond acceptors (Lipinski definition) is 3.